The average Bonchev–Trinajstić information content (AvgIpc) is 3.27. The number of ether oxygens (including phenoxy) is 2. The molecule has 2 amide bonds. The number of rotatable bonds is 5. The van der Waals surface area contributed by atoms with E-state index in [0.717, 1.165) is 6.42 Å². The number of para-hydroxylation sites is 4. The van der Waals surface area contributed by atoms with Crippen molar-refractivity contribution in [3.63, 3.8) is 0 Å². The summed E-state index contributed by atoms with van der Waals surface area (Å²) in [6.07, 6.45) is 1.28. The van der Waals surface area contributed by atoms with E-state index in [1.54, 1.807) is 35.2 Å². The van der Waals surface area contributed by atoms with Crippen LogP contribution in [0.2, 0.25) is 0 Å². The Morgan fingerprint density at radius 3 is 2.24 bits per heavy atom. The van der Waals surface area contributed by atoms with Gasteiger partial charge in [0.2, 0.25) is 5.91 Å². The zero-order valence-electron chi connectivity index (χ0n) is 17.8. The number of anilines is 2. The average molecular weight is 442 g/mol. The lowest BCUT2D eigenvalue weighted by atomic mass is 9.88. The minimum absolute atomic E-state index is 0.0278. The minimum Gasteiger partial charge on any atom is -0.457 e. The molecule has 0 bridgehead atoms. The summed E-state index contributed by atoms with van der Waals surface area (Å²) in [5, 5.41) is 2.77. The third-order valence-corrected chi connectivity index (χ3v) is 5.80. The molecule has 0 unspecified atom stereocenters. The van der Waals surface area contributed by atoms with Gasteiger partial charge in [-0.3, -0.25) is 14.4 Å². The lowest BCUT2D eigenvalue weighted by Gasteiger charge is -2.26. The summed E-state index contributed by atoms with van der Waals surface area (Å²) in [4.78, 5) is 39.5. The number of hydrogen-bond acceptors (Lipinski definition) is 5. The molecular formula is C26H22N2O5. The summed E-state index contributed by atoms with van der Waals surface area (Å²) in [6, 6.07) is 21.7. The van der Waals surface area contributed by atoms with Gasteiger partial charge in [0.05, 0.1) is 11.4 Å². The highest BCUT2D eigenvalue weighted by molar-refractivity contribution is 6.02. The molecule has 7 heteroatoms. The monoisotopic (exact) mass is 442 g/mol. The standard InChI is InChI=1S/C26H22N2O5/c29-23(27-19-10-3-4-11-20(19)28-15-7-14-24(28)30)16-32-26(31)25-17-8-1-5-12-21(17)33-22-13-6-2-9-18(22)25/h1-6,8-13,25H,7,14-16H2,(H,27,29). The number of carbonyl (C=O) groups excluding carboxylic acids is 3. The molecule has 2 aliphatic heterocycles. The normalized spacial score (nSPS) is 14.8. The third kappa shape index (κ3) is 4.05. The Morgan fingerprint density at radius 1 is 0.939 bits per heavy atom. The Hall–Kier alpha value is -4.13. The number of carbonyl (C=O) groups is 3. The number of fused-ring (bicyclic) bond motifs is 2. The maximum absolute atomic E-state index is 13.1. The first kappa shape index (κ1) is 20.8. The van der Waals surface area contributed by atoms with E-state index in [1.807, 2.05) is 42.5 Å². The van der Waals surface area contributed by atoms with Crippen molar-refractivity contribution >= 4 is 29.2 Å². The molecule has 0 aliphatic carbocycles. The van der Waals surface area contributed by atoms with Gasteiger partial charge >= 0.3 is 5.97 Å². The van der Waals surface area contributed by atoms with Crippen molar-refractivity contribution in [3.8, 4) is 11.5 Å². The van der Waals surface area contributed by atoms with Crippen LogP contribution in [-0.2, 0) is 19.1 Å². The fraction of sp³-hybridized carbons (Fsp3) is 0.192. The second kappa shape index (κ2) is 8.78. The molecule has 5 rings (SSSR count). The first-order chi connectivity index (χ1) is 16.1. The Balaban J connectivity index is 1.30. The van der Waals surface area contributed by atoms with Gasteiger partial charge in [-0.05, 0) is 30.7 Å². The van der Waals surface area contributed by atoms with Crippen LogP contribution in [0.1, 0.15) is 29.9 Å². The van der Waals surface area contributed by atoms with E-state index >= 15 is 0 Å². The van der Waals surface area contributed by atoms with E-state index in [-0.39, 0.29) is 5.91 Å². The molecule has 0 radical (unpaired) electrons. The van der Waals surface area contributed by atoms with Crippen molar-refractivity contribution in [3.05, 3.63) is 83.9 Å². The van der Waals surface area contributed by atoms with Gasteiger partial charge in [0.15, 0.2) is 6.61 Å². The lowest BCUT2D eigenvalue weighted by molar-refractivity contribution is -0.148. The van der Waals surface area contributed by atoms with Crippen LogP contribution in [0.15, 0.2) is 72.8 Å². The second-order valence-electron chi connectivity index (χ2n) is 7.93. The molecule has 2 heterocycles. The molecule has 1 saturated heterocycles. The van der Waals surface area contributed by atoms with Crippen LogP contribution in [0.25, 0.3) is 0 Å². The van der Waals surface area contributed by atoms with Crippen LogP contribution in [0.3, 0.4) is 0 Å². The number of nitrogens with one attached hydrogen (secondary N) is 1. The molecule has 0 aromatic heterocycles. The summed E-state index contributed by atoms with van der Waals surface area (Å²) in [5.41, 5.74) is 2.54. The Bertz CT molecular complexity index is 1190. The molecule has 3 aromatic carbocycles. The van der Waals surface area contributed by atoms with Gasteiger partial charge in [-0.15, -0.1) is 0 Å². The van der Waals surface area contributed by atoms with Crippen molar-refractivity contribution < 1.29 is 23.9 Å². The van der Waals surface area contributed by atoms with Gasteiger partial charge < -0.3 is 19.7 Å². The third-order valence-electron chi connectivity index (χ3n) is 5.80. The van der Waals surface area contributed by atoms with Gasteiger partial charge in [-0.1, -0.05) is 48.5 Å². The molecular weight excluding hydrogens is 420 g/mol. The molecule has 166 valence electrons. The maximum atomic E-state index is 13.1. The summed E-state index contributed by atoms with van der Waals surface area (Å²) in [7, 11) is 0. The maximum Gasteiger partial charge on any atom is 0.318 e. The number of benzene rings is 3. The van der Waals surface area contributed by atoms with Crippen molar-refractivity contribution in [2.24, 2.45) is 0 Å². The van der Waals surface area contributed by atoms with Crippen LogP contribution in [0.5, 0.6) is 11.5 Å². The van der Waals surface area contributed by atoms with Crippen LogP contribution in [-0.4, -0.2) is 30.9 Å². The number of amides is 2. The summed E-state index contributed by atoms with van der Waals surface area (Å²) < 4.78 is 11.3. The van der Waals surface area contributed by atoms with E-state index in [1.165, 1.54) is 0 Å². The SMILES string of the molecule is O=C(COC(=O)C1c2ccccc2Oc2ccccc21)Nc1ccccc1N1CCCC1=O. The fourth-order valence-electron chi connectivity index (χ4n) is 4.29. The zero-order valence-corrected chi connectivity index (χ0v) is 17.8. The zero-order chi connectivity index (χ0) is 22.8. The largest absolute Gasteiger partial charge is 0.457 e. The van der Waals surface area contributed by atoms with E-state index in [9.17, 15) is 14.4 Å². The number of hydrogen-bond donors (Lipinski definition) is 1. The molecule has 33 heavy (non-hydrogen) atoms. The van der Waals surface area contributed by atoms with Crippen LogP contribution in [0.4, 0.5) is 11.4 Å². The van der Waals surface area contributed by atoms with E-state index in [4.69, 9.17) is 9.47 Å². The predicted molar refractivity (Wildman–Crippen MR) is 122 cm³/mol. The molecule has 7 nitrogen and oxygen atoms in total. The summed E-state index contributed by atoms with van der Waals surface area (Å²) in [5.74, 6) is -0.487. The predicted octanol–water partition coefficient (Wildman–Crippen LogP) is 4.23. The number of nitrogens with zero attached hydrogens (tertiary/aromatic N) is 1. The number of esters is 1. The van der Waals surface area contributed by atoms with Crippen LogP contribution < -0.4 is 15.0 Å². The summed E-state index contributed by atoms with van der Waals surface area (Å²) in [6.45, 7) is 0.173. The molecule has 1 fully saturated rings. The smallest absolute Gasteiger partial charge is 0.318 e. The highest BCUT2D eigenvalue weighted by atomic mass is 16.5. The highest BCUT2D eigenvalue weighted by Crippen LogP contribution is 2.44. The molecule has 0 atom stereocenters. The van der Waals surface area contributed by atoms with Gasteiger partial charge in [0.25, 0.3) is 5.91 Å². The molecule has 0 spiro atoms. The van der Waals surface area contributed by atoms with Crippen LogP contribution >= 0.6 is 0 Å². The van der Waals surface area contributed by atoms with Gasteiger partial charge in [0.1, 0.15) is 17.4 Å². The molecule has 3 aromatic rings. The van der Waals surface area contributed by atoms with Gasteiger partial charge in [-0.2, -0.15) is 0 Å². The van der Waals surface area contributed by atoms with E-state index in [2.05, 4.69) is 5.32 Å². The van der Waals surface area contributed by atoms with Crippen LogP contribution in [0, 0.1) is 0 Å². The second-order valence-corrected chi connectivity index (χ2v) is 7.93. The first-order valence-corrected chi connectivity index (χ1v) is 10.8. The Morgan fingerprint density at radius 2 is 1.58 bits per heavy atom. The van der Waals surface area contributed by atoms with Crippen molar-refractivity contribution in [2.75, 3.05) is 23.4 Å². The van der Waals surface area contributed by atoms with Crippen molar-refractivity contribution in [1.29, 1.82) is 0 Å². The topological polar surface area (TPSA) is 84.9 Å². The highest BCUT2D eigenvalue weighted by Gasteiger charge is 2.34. The molecule has 2 aliphatic rings. The van der Waals surface area contributed by atoms with E-state index in [0.29, 0.717) is 47.0 Å². The minimum atomic E-state index is -0.687. The van der Waals surface area contributed by atoms with Gasteiger partial charge in [-0.25, -0.2) is 0 Å². The Kier molecular flexibility index (Phi) is 5.52. The summed E-state index contributed by atoms with van der Waals surface area (Å²) >= 11 is 0. The van der Waals surface area contributed by atoms with Crippen molar-refractivity contribution in [1.82, 2.24) is 0 Å². The fourth-order valence-corrected chi connectivity index (χ4v) is 4.29. The Labute approximate surface area is 190 Å². The quantitative estimate of drug-likeness (QED) is 0.598. The first-order valence-electron chi connectivity index (χ1n) is 10.8. The lowest BCUT2D eigenvalue weighted by Crippen LogP contribution is -2.28. The van der Waals surface area contributed by atoms with Gasteiger partial charge in [0, 0.05) is 24.1 Å². The molecule has 1 N–H and O–H groups in total. The van der Waals surface area contributed by atoms with Crippen molar-refractivity contribution in [2.45, 2.75) is 18.8 Å². The molecule has 0 saturated carbocycles. The van der Waals surface area contributed by atoms with E-state index < -0.39 is 24.4 Å².